The van der Waals surface area contributed by atoms with E-state index in [0.717, 1.165) is 0 Å². The Morgan fingerprint density at radius 3 is 2.41 bits per heavy atom. The second-order valence-corrected chi connectivity index (χ2v) is 4.16. The quantitative estimate of drug-likeness (QED) is 0.790. The Morgan fingerprint density at radius 1 is 1.00 bits per heavy atom. The summed E-state index contributed by atoms with van der Waals surface area (Å²) in [5, 5.41) is 9.71. The minimum Gasteiger partial charge on any atom is -0.457 e. The summed E-state index contributed by atoms with van der Waals surface area (Å²) in [6.07, 6.45) is 0. The van der Waals surface area contributed by atoms with Gasteiger partial charge in [0.25, 0.3) is 0 Å². The molecule has 0 fully saturated rings. The molecule has 2 aromatic carbocycles. The van der Waals surface area contributed by atoms with Gasteiger partial charge in [-0.05, 0) is 30.3 Å². The molecule has 0 aromatic heterocycles. The highest BCUT2D eigenvalue weighted by atomic mass is 35.5. The fraction of sp³-hybridized carbons (Fsp3) is 0. The third-order valence-corrected chi connectivity index (χ3v) is 2.64. The van der Waals surface area contributed by atoms with Crippen molar-refractivity contribution >= 4 is 23.2 Å². The molecule has 4 heteroatoms. The summed E-state index contributed by atoms with van der Waals surface area (Å²) < 4.78 is 5.56. The highest BCUT2D eigenvalue weighted by Gasteiger charge is 2.03. The third-order valence-electron chi connectivity index (χ3n) is 2.09. The van der Waals surface area contributed by atoms with E-state index in [1.807, 2.05) is 6.07 Å². The molecule has 0 amide bonds. The smallest absolute Gasteiger partial charge is 0.129 e. The largest absolute Gasteiger partial charge is 0.457 e. The molecule has 0 saturated heterocycles. The van der Waals surface area contributed by atoms with Gasteiger partial charge in [-0.25, -0.2) is 0 Å². The molecular formula is C13H7Cl2NO. The van der Waals surface area contributed by atoms with Crippen LogP contribution in [0.1, 0.15) is 5.56 Å². The van der Waals surface area contributed by atoms with Crippen molar-refractivity contribution in [3.05, 3.63) is 58.1 Å². The van der Waals surface area contributed by atoms with Crippen molar-refractivity contribution < 1.29 is 4.74 Å². The predicted molar refractivity (Wildman–Crippen MR) is 67.7 cm³/mol. The second-order valence-electron chi connectivity index (χ2n) is 3.31. The zero-order valence-corrected chi connectivity index (χ0v) is 10.2. The molecule has 0 N–H and O–H groups in total. The highest BCUT2D eigenvalue weighted by Crippen LogP contribution is 2.27. The van der Waals surface area contributed by atoms with E-state index in [1.165, 1.54) is 0 Å². The van der Waals surface area contributed by atoms with Gasteiger partial charge < -0.3 is 4.74 Å². The third kappa shape index (κ3) is 2.91. The molecule has 0 unspecified atom stereocenters. The van der Waals surface area contributed by atoms with Crippen LogP contribution >= 0.6 is 23.2 Å². The first-order valence-corrected chi connectivity index (χ1v) is 5.58. The van der Waals surface area contributed by atoms with Crippen molar-refractivity contribution in [3.63, 3.8) is 0 Å². The summed E-state index contributed by atoms with van der Waals surface area (Å²) >= 11 is 11.7. The molecule has 0 aliphatic rings. The average Bonchev–Trinajstić information content (AvgIpc) is 2.29. The Labute approximate surface area is 109 Å². The molecular weight excluding hydrogens is 257 g/mol. The summed E-state index contributed by atoms with van der Waals surface area (Å²) in [7, 11) is 0. The number of rotatable bonds is 2. The summed E-state index contributed by atoms with van der Waals surface area (Å²) in [5.74, 6) is 1.19. The van der Waals surface area contributed by atoms with Crippen molar-refractivity contribution in [2.45, 2.75) is 0 Å². The number of hydrogen-bond acceptors (Lipinski definition) is 2. The number of nitriles is 1. The molecule has 0 aliphatic carbocycles. The Kier molecular flexibility index (Phi) is 3.53. The molecule has 17 heavy (non-hydrogen) atoms. The van der Waals surface area contributed by atoms with Gasteiger partial charge in [-0.2, -0.15) is 5.26 Å². The second kappa shape index (κ2) is 5.09. The Balaban J connectivity index is 2.25. The first kappa shape index (κ1) is 11.8. The first-order valence-electron chi connectivity index (χ1n) is 4.82. The van der Waals surface area contributed by atoms with Gasteiger partial charge in [0, 0.05) is 11.1 Å². The predicted octanol–water partition coefficient (Wildman–Crippen LogP) is 4.66. The van der Waals surface area contributed by atoms with E-state index < -0.39 is 0 Å². The van der Waals surface area contributed by atoms with Gasteiger partial charge in [-0.3, -0.25) is 0 Å². The SMILES string of the molecule is N#Cc1ccc(Oc2cccc(Cl)c2)cc1Cl. The molecule has 2 nitrogen and oxygen atoms in total. The molecule has 0 spiro atoms. The molecule has 0 saturated carbocycles. The van der Waals surface area contributed by atoms with Crippen molar-refractivity contribution in [1.29, 1.82) is 5.26 Å². The van der Waals surface area contributed by atoms with E-state index in [-0.39, 0.29) is 0 Å². The van der Waals surface area contributed by atoms with Crippen LogP contribution < -0.4 is 4.74 Å². The zero-order chi connectivity index (χ0) is 12.3. The number of nitrogens with zero attached hydrogens (tertiary/aromatic N) is 1. The summed E-state index contributed by atoms with van der Waals surface area (Å²) in [5.41, 5.74) is 0.421. The molecule has 0 bridgehead atoms. The number of ether oxygens (including phenoxy) is 1. The van der Waals surface area contributed by atoms with Crippen molar-refractivity contribution in [2.24, 2.45) is 0 Å². The normalized spacial score (nSPS) is 9.71. The maximum absolute atomic E-state index is 8.74. The van der Waals surface area contributed by atoms with Crippen LogP contribution in [0.25, 0.3) is 0 Å². The van der Waals surface area contributed by atoms with Crippen LogP contribution in [0.5, 0.6) is 11.5 Å². The number of benzene rings is 2. The fourth-order valence-corrected chi connectivity index (χ4v) is 1.71. The van der Waals surface area contributed by atoms with E-state index in [4.69, 9.17) is 33.2 Å². The molecule has 2 aromatic rings. The van der Waals surface area contributed by atoms with Gasteiger partial charge in [0.15, 0.2) is 0 Å². The van der Waals surface area contributed by atoms with Crippen molar-refractivity contribution in [2.75, 3.05) is 0 Å². The lowest BCUT2D eigenvalue weighted by molar-refractivity contribution is 0.483. The van der Waals surface area contributed by atoms with E-state index in [2.05, 4.69) is 0 Å². The minimum atomic E-state index is 0.368. The van der Waals surface area contributed by atoms with Crippen LogP contribution in [0, 0.1) is 11.3 Å². The lowest BCUT2D eigenvalue weighted by Crippen LogP contribution is -1.85. The van der Waals surface area contributed by atoms with Crippen LogP contribution in [0.15, 0.2) is 42.5 Å². The van der Waals surface area contributed by atoms with E-state index in [9.17, 15) is 0 Å². The van der Waals surface area contributed by atoms with E-state index >= 15 is 0 Å². The van der Waals surface area contributed by atoms with Crippen LogP contribution in [0.2, 0.25) is 10.0 Å². The molecule has 0 aliphatic heterocycles. The fourth-order valence-electron chi connectivity index (χ4n) is 1.32. The van der Waals surface area contributed by atoms with Crippen LogP contribution in [0.4, 0.5) is 0 Å². The monoisotopic (exact) mass is 263 g/mol. The van der Waals surface area contributed by atoms with Crippen LogP contribution in [-0.2, 0) is 0 Å². The van der Waals surface area contributed by atoms with Crippen LogP contribution in [-0.4, -0.2) is 0 Å². The number of hydrogen-bond donors (Lipinski definition) is 0. The summed E-state index contributed by atoms with van der Waals surface area (Å²) in [6, 6.07) is 13.9. The van der Waals surface area contributed by atoms with Gasteiger partial charge in [-0.15, -0.1) is 0 Å². The highest BCUT2D eigenvalue weighted by molar-refractivity contribution is 6.31. The maximum Gasteiger partial charge on any atom is 0.129 e. The molecule has 0 atom stereocenters. The van der Waals surface area contributed by atoms with Crippen molar-refractivity contribution in [1.82, 2.24) is 0 Å². The molecule has 2 rings (SSSR count). The maximum atomic E-state index is 8.74. The van der Waals surface area contributed by atoms with E-state index in [0.29, 0.717) is 27.1 Å². The van der Waals surface area contributed by atoms with Gasteiger partial charge in [0.2, 0.25) is 0 Å². The lowest BCUT2D eigenvalue weighted by atomic mass is 10.2. The summed E-state index contributed by atoms with van der Waals surface area (Å²) in [4.78, 5) is 0. The Hall–Kier alpha value is -1.69. The van der Waals surface area contributed by atoms with Crippen molar-refractivity contribution in [3.8, 4) is 17.6 Å². The first-order chi connectivity index (χ1) is 8.19. The average molecular weight is 264 g/mol. The van der Waals surface area contributed by atoms with Gasteiger partial charge in [-0.1, -0.05) is 29.3 Å². The minimum absolute atomic E-state index is 0.368. The zero-order valence-electron chi connectivity index (χ0n) is 8.65. The summed E-state index contributed by atoms with van der Waals surface area (Å²) in [6.45, 7) is 0. The van der Waals surface area contributed by atoms with E-state index in [1.54, 1.807) is 42.5 Å². The standard InChI is InChI=1S/C13H7Cl2NO/c14-10-2-1-3-11(6-10)17-12-5-4-9(8-16)13(15)7-12/h1-7H. The topological polar surface area (TPSA) is 33.0 Å². The van der Waals surface area contributed by atoms with Crippen LogP contribution in [0.3, 0.4) is 0 Å². The Morgan fingerprint density at radius 2 is 1.76 bits per heavy atom. The molecule has 84 valence electrons. The number of halogens is 2. The lowest BCUT2D eigenvalue weighted by Gasteiger charge is -2.06. The Bertz CT molecular complexity index is 590. The van der Waals surface area contributed by atoms with Gasteiger partial charge >= 0.3 is 0 Å². The van der Waals surface area contributed by atoms with Gasteiger partial charge in [0.05, 0.1) is 10.6 Å². The molecule has 0 heterocycles. The van der Waals surface area contributed by atoms with Gasteiger partial charge in [0.1, 0.15) is 17.6 Å². The molecule has 0 radical (unpaired) electrons.